The number of furan rings is 1. The van der Waals surface area contributed by atoms with Crippen LogP contribution in [0.25, 0.3) is 0 Å². The molecule has 5 heteroatoms. The summed E-state index contributed by atoms with van der Waals surface area (Å²) in [5.41, 5.74) is 1.35. The van der Waals surface area contributed by atoms with Crippen molar-refractivity contribution in [3.05, 3.63) is 54.0 Å². The lowest BCUT2D eigenvalue weighted by Crippen LogP contribution is -2.41. The van der Waals surface area contributed by atoms with Gasteiger partial charge in [-0.1, -0.05) is 19.1 Å². The Hall–Kier alpha value is -2.27. The SMILES string of the molecule is CC[C@H](CO)N(Cc1ccco1)C(=O)c1ccccc1NC. The van der Waals surface area contributed by atoms with Gasteiger partial charge in [0.2, 0.25) is 0 Å². The minimum Gasteiger partial charge on any atom is -0.467 e. The van der Waals surface area contributed by atoms with E-state index in [1.54, 1.807) is 30.3 Å². The van der Waals surface area contributed by atoms with Crippen LogP contribution in [-0.2, 0) is 6.54 Å². The number of amides is 1. The molecule has 0 saturated heterocycles. The highest BCUT2D eigenvalue weighted by atomic mass is 16.3. The number of aliphatic hydroxyl groups excluding tert-OH is 1. The number of carbonyl (C=O) groups is 1. The fraction of sp³-hybridized carbons (Fsp3) is 0.353. The van der Waals surface area contributed by atoms with Gasteiger partial charge in [0, 0.05) is 12.7 Å². The molecule has 0 aliphatic rings. The van der Waals surface area contributed by atoms with E-state index in [1.807, 2.05) is 31.2 Å². The van der Waals surface area contributed by atoms with Gasteiger partial charge in [-0.2, -0.15) is 0 Å². The Bertz CT molecular complexity index is 592. The van der Waals surface area contributed by atoms with E-state index < -0.39 is 0 Å². The number of nitrogens with zero attached hydrogens (tertiary/aromatic N) is 1. The van der Waals surface area contributed by atoms with Gasteiger partial charge in [-0.05, 0) is 30.7 Å². The van der Waals surface area contributed by atoms with Crippen molar-refractivity contribution in [3.63, 3.8) is 0 Å². The monoisotopic (exact) mass is 302 g/mol. The van der Waals surface area contributed by atoms with Crippen molar-refractivity contribution in [1.29, 1.82) is 0 Å². The molecule has 0 aliphatic carbocycles. The quantitative estimate of drug-likeness (QED) is 0.825. The number of hydrogen-bond acceptors (Lipinski definition) is 4. The fourth-order valence-electron chi connectivity index (χ4n) is 2.43. The summed E-state index contributed by atoms with van der Waals surface area (Å²) < 4.78 is 5.35. The first-order valence-corrected chi connectivity index (χ1v) is 7.42. The van der Waals surface area contributed by atoms with Crippen LogP contribution in [0.1, 0.15) is 29.5 Å². The van der Waals surface area contributed by atoms with Crippen molar-refractivity contribution in [2.45, 2.75) is 25.9 Å². The van der Waals surface area contributed by atoms with E-state index >= 15 is 0 Å². The van der Waals surface area contributed by atoms with Crippen molar-refractivity contribution in [2.75, 3.05) is 19.0 Å². The van der Waals surface area contributed by atoms with E-state index in [1.165, 1.54) is 0 Å². The van der Waals surface area contributed by atoms with Crippen LogP contribution in [0.15, 0.2) is 47.1 Å². The van der Waals surface area contributed by atoms with Crippen LogP contribution in [0.3, 0.4) is 0 Å². The average molecular weight is 302 g/mol. The number of para-hydroxylation sites is 1. The number of anilines is 1. The molecule has 0 fully saturated rings. The number of carbonyl (C=O) groups excluding carboxylic acids is 1. The second-order valence-electron chi connectivity index (χ2n) is 5.05. The van der Waals surface area contributed by atoms with Crippen LogP contribution < -0.4 is 5.32 Å². The van der Waals surface area contributed by atoms with Gasteiger partial charge in [0.1, 0.15) is 5.76 Å². The van der Waals surface area contributed by atoms with Crippen LogP contribution in [0.4, 0.5) is 5.69 Å². The lowest BCUT2D eigenvalue weighted by molar-refractivity contribution is 0.0546. The molecular formula is C17H22N2O3. The zero-order chi connectivity index (χ0) is 15.9. The predicted molar refractivity (Wildman–Crippen MR) is 85.7 cm³/mol. The van der Waals surface area contributed by atoms with Gasteiger partial charge >= 0.3 is 0 Å². The average Bonchev–Trinajstić information content (AvgIpc) is 3.07. The number of nitrogens with one attached hydrogen (secondary N) is 1. The topological polar surface area (TPSA) is 65.7 Å². The maximum absolute atomic E-state index is 12.9. The molecule has 5 nitrogen and oxygen atoms in total. The number of aliphatic hydroxyl groups is 1. The van der Waals surface area contributed by atoms with Crippen molar-refractivity contribution in [2.24, 2.45) is 0 Å². The van der Waals surface area contributed by atoms with Gasteiger partial charge in [-0.15, -0.1) is 0 Å². The normalized spacial score (nSPS) is 12.0. The highest BCUT2D eigenvalue weighted by Gasteiger charge is 2.25. The highest BCUT2D eigenvalue weighted by molar-refractivity contribution is 5.99. The van der Waals surface area contributed by atoms with Gasteiger partial charge in [-0.25, -0.2) is 0 Å². The molecule has 1 atom stereocenters. The molecular weight excluding hydrogens is 280 g/mol. The van der Waals surface area contributed by atoms with Gasteiger partial charge < -0.3 is 19.7 Å². The molecule has 1 aromatic carbocycles. The van der Waals surface area contributed by atoms with Crippen molar-refractivity contribution in [3.8, 4) is 0 Å². The van der Waals surface area contributed by atoms with Crippen LogP contribution in [-0.4, -0.2) is 35.6 Å². The van der Waals surface area contributed by atoms with E-state index in [-0.39, 0.29) is 18.6 Å². The minimum atomic E-state index is -0.248. The Morgan fingerprint density at radius 1 is 1.32 bits per heavy atom. The van der Waals surface area contributed by atoms with Gasteiger partial charge in [0.15, 0.2) is 0 Å². The second-order valence-corrected chi connectivity index (χ2v) is 5.05. The Labute approximate surface area is 130 Å². The summed E-state index contributed by atoms with van der Waals surface area (Å²) in [4.78, 5) is 14.6. The molecule has 0 aliphatic heterocycles. The van der Waals surface area contributed by atoms with Crippen LogP contribution in [0.5, 0.6) is 0 Å². The van der Waals surface area contributed by atoms with E-state index in [9.17, 15) is 9.90 Å². The summed E-state index contributed by atoms with van der Waals surface area (Å²) in [6.45, 7) is 2.21. The number of benzene rings is 1. The maximum Gasteiger partial charge on any atom is 0.256 e. The third-order valence-corrected chi connectivity index (χ3v) is 3.72. The van der Waals surface area contributed by atoms with Crippen LogP contribution >= 0.6 is 0 Å². The molecule has 2 aromatic rings. The van der Waals surface area contributed by atoms with Crippen molar-refractivity contribution >= 4 is 11.6 Å². The fourth-order valence-corrected chi connectivity index (χ4v) is 2.43. The second kappa shape index (κ2) is 7.66. The summed E-state index contributed by atoms with van der Waals surface area (Å²) in [6, 6.07) is 10.7. The molecule has 1 amide bonds. The molecule has 0 saturated carbocycles. The third-order valence-electron chi connectivity index (χ3n) is 3.72. The molecule has 2 rings (SSSR count). The molecule has 0 bridgehead atoms. The molecule has 2 N–H and O–H groups in total. The smallest absolute Gasteiger partial charge is 0.256 e. The zero-order valence-corrected chi connectivity index (χ0v) is 13.0. The highest BCUT2D eigenvalue weighted by Crippen LogP contribution is 2.21. The van der Waals surface area contributed by atoms with Crippen molar-refractivity contribution < 1.29 is 14.3 Å². The summed E-state index contributed by atoms with van der Waals surface area (Å²) in [5, 5.41) is 12.6. The molecule has 118 valence electrons. The lowest BCUT2D eigenvalue weighted by atomic mass is 10.1. The first kappa shape index (κ1) is 16.1. The summed E-state index contributed by atoms with van der Waals surface area (Å²) in [7, 11) is 1.78. The molecule has 22 heavy (non-hydrogen) atoms. The maximum atomic E-state index is 12.9. The van der Waals surface area contributed by atoms with Crippen LogP contribution in [0.2, 0.25) is 0 Å². The number of rotatable bonds is 7. The largest absolute Gasteiger partial charge is 0.467 e. The molecule has 1 aromatic heterocycles. The summed E-state index contributed by atoms with van der Waals surface area (Å²) in [6.07, 6.45) is 2.25. The van der Waals surface area contributed by atoms with Gasteiger partial charge in [-0.3, -0.25) is 4.79 Å². The van der Waals surface area contributed by atoms with E-state index in [4.69, 9.17) is 4.42 Å². The van der Waals surface area contributed by atoms with Gasteiger partial charge in [0.25, 0.3) is 5.91 Å². The first-order valence-electron chi connectivity index (χ1n) is 7.42. The minimum absolute atomic E-state index is 0.0787. The first-order chi connectivity index (χ1) is 10.7. The Morgan fingerprint density at radius 2 is 2.09 bits per heavy atom. The van der Waals surface area contributed by atoms with E-state index in [2.05, 4.69) is 5.32 Å². The lowest BCUT2D eigenvalue weighted by Gasteiger charge is -2.30. The zero-order valence-electron chi connectivity index (χ0n) is 13.0. The van der Waals surface area contributed by atoms with Crippen LogP contribution in [0, 0.1) is 0 Å². The Balaban J connectivity index is 2.32. The molecule has 0 spiro atoms. The standard InChI is InChI=1S/C17H22N2O3/c1-3-13(12-20)19(11-14-7-6-10-22-14)17(21)15-8-4-5-9-16(15)18-2/h4-10,13,18,20H,3,11-12H2,1-2H3/t13-/m1/s1. The van der Waals surface area contributed by atoms with Crippen molar-refractivity contribution in [1.82, 2.24) is 4.90 Å². The Morgan fingerprint density at radius 3 is 2.68 bits per heavy atom. The van der Waals surface area contributed by atoms with Gasteiger partial charge in [0.05, 0.1) is 31.0 Å². The van der Waals surface area contributed by atoms with E-state index in [0.717, 1.165) is 5.69 Å². The van der Waals surface area contributed by atoms with E-state index in [0.29, 0.717) is 24.3 Å². The molecule has 1 heterocycles. The predicted octanol–water partition coefficient (Wildman–Crippen LogP) is 2.73. The number of hydrogen-bond donors (Lipinski definition) is 2. The third kappa shape index (κ3) is 3.49. The molecule has 0 unspecified atom stereocenters. The summed E-state index contributed by atoms with van der Waals surface area (Å²) >= 11 is 0. The molecule has 0 radical (unpaired) electrons. The Kier molecular flexibility index (Phi) is 5.61. The summed E-state index contributed by atoms with van der Waals surface area (Å²) in [5.74, 6) is 0.574.